The molecule has 0 amide bonds. The molecule has 8 nitrogen and oxygen atoms in total. The molecule has 11 heteroatoms. The Labute approximate surface area is 202 Å². The molecule has 0 atom stereocenters. The van der Waals surface area contributed by atoms with Crippen molar-refractivity contribution in [1.82, 2.24) is 19.7 Å². The summed E-state index contributed by atoms with van der Waals surface area (Å²) < 4.78 is 41.3. The molecule has 0 bridgehead atoms. The Balaban J connectivity index is 1.71. The topological polar surface area (TPSA) is 96.2 Å². The maximum absolute atomic E-state index is 14.9. The smallest absolute Gasteiger partial charge is 0.340 e. The van der Waals surface area contributed by atoms with Gasteiger partial charge in [0.05, 0.1) is 25.5 Å². The molecule has 2 aromatic carbocycles. The fourth-order valence-electron chi connectivity index (χ4n) is 3.20. The molecule has 0 saturated heterocycles. The number of carbonyl (C=O) groups excluding carboxylic acids is 1. The van der Waals surface area contributed by atoms with Crippen LogP contribution in [0.4, 0.5) is 8.78 Å². The lowest BCUT2D eigenvalue weighted by molar-refractivity contribution is 0.0595. The highest BCUT2D eigenvalue weighted by Gasteiger charge is 2.20. The van der Waals surface area contributed by atoms with Gasteiger partial charge in [-0.25, -0.2) is 18.6 Å². The second-order valence-corrected chi connectivity index (χ2v) is 8.83. The van der Waals surface area contributed by atoms with E-state index >= 15 is 0 Å². The molecule has 0 spiro atoms. The van der Waals surface area contributed by atoms with E-state index in [-0.39, 0.29) is 46.2 Å². The van der Waals surface area contributed by atoms with Crippen molar-refractivity contribution in [2.75, 3.05) is 7.11 Å². The van der Waals surface area contributed by atoms with Gasteiger partial charge in [0.25, 0.3) is 5.56 Å². The maximum atomic E-state index is 14.9. The van der Waals surface area contributed by atoms with Gasteiger partial charge in [-0.2, -0.15) is 0 Å². The van der Waals surface area contributed by atoms with Crippen LogP contribution in [-0.2, 0) is 11.3 Å². The minimum absolute atomic E-state index is 0.0488. The summed E-state index contributed by atoms with van der Waals surface area (Å²) in [6.45, 7) is 3.85. The molecule has 180 valence electrons. The first-order chi connectivity index (χ1) is 16.8. The monoisotopic (exact) mass is 498 g/mol. The minimum Gasteiger partial charge on any atom is -0.465 e. The Kier molecular flexibility index (Phi) is 6.97. The number of halogens is 2. The van der Waals surface area contributed by atoms with Crippen molar-refractivity contribution in [2.45, 2.75) is 26.3 Å². The van der Waals surface area contributed by atoms with E-state index in [9.17, 15) is 18.4 Å². The Morgan fingerprint density at radius 3 is 2.57 bits per heavy atom. The third-order valence-electron chi connectivity index (χ3n) is 5.02. The van der Waals surface area contributed by atoms with E-state index in [2.05, 4.69) is 19.9 Å². The van der Waals surface area contributed by atoms with Crippen LogP contribution in [0.1, 0.15) is 40.7 Å². The van der Waals surface area contributed by atoms with Gasteiger partial charge >= 0.3 is 5.97 Å². The van der Waals surface area contributed by atoms with E-state index in [1.807, 2.05) is 13.8 Å². The number of esters is 1. The average Bonchev–Trinajstić information content (AvgIpc) is 3.32. The van der Waals surface area contributed by atoms with Crippen molar-refractivity contribution in [3.63, 3.8) is 0 Å². The molecule has 0 aliphatic carbocycles. The van der Waals surface area contributed by atoms with Gasteiger partial charge in [0.2, 0.25) is 0 Å². The van der Waals surface area contributed by atoms with Crippen LogP contribution in [0, 0.1) is 11.6 Å². The van der Waals surface area contributed by atoms with Gasteiger partial charge in [-0.1, -0.05) is 25.2 Å². The Hall–Kier alpha value is -3.99. The summed E-state index contributed by atoms with van der Waals surface area (Å²) in [5, 5.41) is 9.36. The zero-order valence-corrected chi connectivity index (χ0v) is 19.8. The van der Waals surface area contributed by atoms with Gasteiger partial charge in [0, 0.05) is 35.4 Å². The van der Waals surface area contributed by atoms with Crippen molar-refractivity contribution < 1.29 is 23.0 Å². The van der Waals surface area contributed by atoms with Crippen LogP contribution in [0.2, 0.25) is 0 Å². The third kappa shape index (κ3) is 5.24. The van der Waals surface area contributed by atoms with Gasteiger partial charge in [0.1, 0.15) is 28.1 Å². The van der Waals surface area contributed by atoms with Gasteiger partial charge in [0.15, 0.2) is 5.01 Å². The van der Waals surface area contributed by atoms with Gasteiger partial charge in [-0.05, 0) is 24.3 Å². The maximum Gasteiger partial charge on any atom is 0.340 e. The largest absolute Gasteiger partial charge is 0.465 e. The number of rotatable bonds is 7. The lowest BCUT2D eigenvalue weighted by atomic mass is 10.1. The van der Waals surface area contributed by atoms with Crippen molar-refractivity contribution in [3.05, 3.63) is 87.0 Å². The highest BCUT2D eigenvalue weighted by atomic mass is 32.1. The highest BCUT2D eigenvalue weighted by molar-refractivity contribution is 7.14. The molecule has 2 heterocycles. The fraction of sp³-hybridized carbons (Fsp3) is 0.208. The van der Waals surface area contributed by atoms with Crippen LogP contribution in [0.5, 0.6) is 11.5 Å². The summed E-state index contributed by atoms with van der Waals surface area (Å²) in [5.74, 6) is -2.03. The lowest BCUT2D eigenvalue weighted by Gasteiger charge is -2.15. The Bertz CT molecular complexity index is 1450. The predicted molar refractivity (Wildman–Crippen MR) is 125 cm³/mol. The number of nitrogens with zero attached hydrogens (tertiary/aromatic N) is 4. The SMILES string of the molecule is COC(=O)c1cc(Oc2ccc(-c3nnc(C(C)C)s3)c(F)c2)c(Cn2cnccc2=O)cc1F. The molecule has 4 rings (SSSR count). The molecule has 0 aliphatic heterocycles. The third-order valence-corrected chi connectivity index (χ3v) is 6.28. The molecular weight excluding hydrogens is 478 g/mol. The van der Waals surface area contributed by atoms with E-state index < -0.39 is 17.6 Å². The number of aromatic nitrogens is 4. The molecule has 2 aromatic heterocycles. The summed E-state index contributed by atoms with van der Waals surface area (Å²) in [6.07, 6.45) is 2.63. The summed E-state index contributed by atoms with van der Waals surface area (Å²) in [4.78, 5) is 28.0. The Morgan fingerprint density at radius 2 is 1.91 bits per heavy atom. The highest BCUT2D eigenvalue weighted by Crippen LogP contribution is 2.34. The van der Waals surface area contributed by atoms with E-state index in [4.69, 9.17) is 4.74 Å². The summed E-state index contributed by atoms with van der Waals surface area (Å²) >= 11 is 1.30. The second-order valence-electron chi connectivity index (χ2n) is 7.82. The minimum atomic E-state index is -0.906. The standard InChI is InChI=1S/C24H20F2N4O4S/c1-13(2)22-28-29-23(35-22)16-5-4-15(9-19(16)26)34-20-10-17(24(32)33-3)18(25)8-14(20)11-30-12-27-7-6-21(30)31/h4-10,12-13H,11H2,1-3H3. The quantitative estimate of drug-likeness (QED) is 0.338. The molecular formula is C24H20F2N4O4S. The van der Waals surface area contributed by atoms with Crippen LogP contribution < -0.4 is 10.3 Å². The van der Waals surface area contributed by atoms with Gasteiger partial charge in [-0.3, -0.25) is 9.36 Å². The van der Waals surface area contributed by atoms with Crippen LogP contribution >= 0.6 is 11.3 Å². The van der Waals surface area contributed by atoms with Gasteiger partial charge in [-0.15, -0.1) is 10.2 Å². The van der Waals surface area contributed by atoms with E-state index in [0.717, 1.165) is 30.3 Å². The summed E-state index contributed by atoms with van der Waals surface area (Å²) in [5.41, 5.74) is -0.229. The first-order valence-electron chi connectivity index (χ1n) is 10.5. The Morgan fingerprint density at radius 1 is 1.11 bits per heavy atom. The molecule has 0 aliphatic rings. The van der Waals surface area contributed by atoms with Crippen molar-refractivity contribution in [2.24, 2.45) is 0 Å². The molecule has 4 aromatic rings. The second kappa shape index (κ2) is 10.1. The lowest BCUT2D eigenvalue weighted by Crippen LogP contribution is -2.20. The predicted octanol–water partition coefficient (Wildman–Crippen LogP) is 4.79. The van der Waals surface area contributed by atoms with Crippen molar-refractivity contribution in [3.8, 4) is 22.1 Å². The number of ether oxygens (including phenoxy) is 2. The molecule has 0 fully saturated rings. The summed E-state index contributed by atoms with van der Waals surface area (Å²) in [6, 6.07) is 7.67. The van der Waals surface area contributed by atoms with Crippen LogP contribution in [0.3, 0.4) is 0 Å². The van der Waals surface area contributed by atoms with Crippen LogP contribution in [0.15, 0.2) is 53.7 Å². The molecule has 0 radical (unpaired) electrons. The van der Waals surface area contributed by atoms with E-state index in [1.54, 1.807) is 0 Å². The molecule has 0 N–H and O–H groups in total. The van der Waals surface area contributed by atoms with E-state index in [1.165, 1.54) is 46.6 Å². The zero-order valence-electron chi connectivity index (χ0n) is 19.0. The molecule has 35 heavy (non-hydrogen) atoms. The first-order valence-corrected chi connectivity index (χ1v) is 11.3. The molecule has 0 saturated carbocycles. The zero-order chi connectivity index (χ0) is 25.1. The average molecular weight is 499 g/mol. The normalized spacial score (nSPS) is 11.0. The fourth-order valence-corrected chi connectivity index (χ4v) is 4.07. The van der Waals surface area contributed by atoms with Crippen LogP contribution in [-0.4, -0.2) is 32.8 Å². The number of methoxy groups -OCH3 is 1. The summed E-state index contributed by atoms with van der Waals surface area (Å²) in [7, 11) is 1.12. The number of hydrogen-bond donors (Lipinski definition) is 0. The van der Waals surface area contributed by atoms with Crippen LogP contribution in [0.25, 0.3) is 10.6 Å². The van der Waals surface area contributed by atoms with Gasteiger partial charge < -0.3 is 9.47 Å². The van der Waals surface area contributed by atoms with E-state index in [0.29, 0.717) is 5.01 Å². The van der Waals surface area contributed by atoms with Crippen molar-refractivity contribution >= 4 is 17.3 Å². The number of carbonyl (C=O) groups is 1. The molecule has 0 unspecified atom stereocenters. The number of hydrogen-bond acceptors (Lipinski definition) is 8. The first kappa shape index (κ1) is 24.1. The number of benzene rings is 2. The van der Waals surface area contributed by atoms with Crippen molar-refractivity contribution in [1.29, 1.82) is 0 Å².